The lowest BCUT2D eigenvalue weighted by Crippen LogP contribution is -2.48. The lowest BCUT2D eigenvalue weighted by Gasteiger charge is -2.36. The number of alkyl halides is 2. The van der Waals surface area contributed by atoms with Crippen LogP contribution in [0.25, 0.3) is 0 Å². The van der Waals surface area contributed by atoms with Gasteiger partial charge in [0.1, 0.15) is 5.41 Å². The van der Waals surface area contributed by atoms with Crippen molar-refractivity contribution >= 4 is 5.97 Å². The molecular weight excluding hydrogens is 220 g/mol. The fourth-order valence-electron chi connectivity index (χ4n) is 2.03. The molecule has 0 spiro atoms. The number of carboxylic acid groups (broad SMARTS) is 1. The van der Waals surface area contributed by atoms with Gasteiger partial charge in [0, 0.05) is 13.2 Å². The second-order valence-corrected chi connectivity index (χ2v) is 4.33. The van der Waals surface area contributed by atoms with E-state index in [1.54, 1.807) is 0 Å². The van der Waals surface area contributed by atoms with Crippen LogP contribution in [-0.4, -0.2) is 55.8 Å². The first-order chi connectivity index (χ1) is 7.46. The molecule has 1 rings (SSSR count). The van der Waals surface area contributed by atoms with Crippen molar-refractivity contribution < 1.29 is 23.4 Å². The van der Waals surface area contributed by atoms with Crippen molar-refractivity contribution in [3.63, 3.8) is 0 Å². The molecule has 94 valence electrons. The number of aliphatic carboxylic acids is 1. The molecule has 1 heterocycles. The molecule has 1 atom stereocenters. The van der Waals surface area contributed by atoms with Crippen molar-refractivity contribution in [1.29, 1.82) is 0 Å². The van der Waals surface area contributed by atoms with Crippen LogP contribution in [0.2, 0.25) is 0 Å². The van der Waals surface area contributed by atoms with Gasteiger partial charge in [-0.05, 0) is 19.9 Å². The molecule has 0 aromatic carbocycles. The maximum Gasteiger partial charge on any atom is 0.313 e. The Hall–Kier alpha value is -0.750. The van der Waals surface area contributed by atoms with Gasteiger partial charge >= 0.3 is 5.97 Å². The van der Waals surface area contributed by atoms with E-state index >= 15 is 0 Å². The topological polar surface area (TPSA) is 49.8 Å². The van der Waals surface area contributed by atoms with Crippen molar-refractivity contribution in [2.45, 2.75) is 19.3 Å². The van der Waals surface area contributed by atoms with E-state index in [9.17, 15) is 18.7 Å². The van der Waals surface area contributed by atoms with Crippen LogP contribution in [0.15, 0.2) is 0 Å². The Balaban J connectivity index is 2.60. The highest BCUT2D eigenvalue weighted by Gasteiger charge is 2.41. The Morgan fingerprint density at radius 1 is 1.62 bits per heavy atom. The van der Waals surface area contributed by atoms with Crippen molar-refractivity contribution in [3.8, 4) is 0 Å². The predicted molar refractivity (Wildman–Crippen MR) is 53.6 cm³/mol. The van der Waals surface area contributed by atoms with Crippen LogP contribution in [0.4, 0.5) is 8.78 Å². The third-order valence-electron chi connectivity index (χ3n) is 2.80. The second kappa shape index (κ2) is 5.54. The molecule has 1 unspecified atom stereocenters. The summed E-state index contributed by atoms with van der Waals surface area (Å²) in [7, 11) is 1.51. The first kappa shape index (κ1) is 13.3. The summed E-state index contributed by atoms with van der Waals surface area (Å²) in [5.41, 5.74) is -1.03. The van der Waals surface area contributed by atoms with Gasteiger partial charge < -0.3 is 9.84 Å². The van der Waals surface area contributed by atoms with E-state index in [2.05, 4.69) is 0 Å². The molecule has 4 nitrogen and oxygen atoms in total. The Kier molecular flexibility index (Phi) is 4.61. The zero-order valence-corrected chi connectivity index (χ0v) is 9.29. The number of carboxylic acids is 1. The van der Waals surface area contributed by atoms with Crippen LogP contribution in [0, 0.1) is 5.41 Å². The Labute approximate surface area is 93.2 Å². The number of nitrogens with zero attached hydrogens (tertiary/aromatic N) is 1. The number of hydrogen-bond donors (Lipinski definition) is 1. The van der Waals surface area contributed by atoms with Gasteiger partial charge in [0.2, 0.25) is 0 Å². The molecule has 0 aliphatic carbocycles. The SMILES string of the molecule is CN(CC(F)F)CC1(C(=O)O)CCCOC1. The van der Waals surface area contributed by atoms with Crippen LogP contribution in [0.3, 0.4) is 0 Å². The lowest BCUT2D eigenvalue weighted by molar-refractivity contribution is -0.159. The summed E-state index contributed by atoms with van der Waals surface area (Å²) in [6, 6.07) is 0. The summed E-state index contributed by atoms with van der Waals surface area (Å²) in [4.78, 5) is 12.6. The zero-order valence-electron chi connectivity index (χ0n) is 9.29. The van der Waals surface area contributed by atoms with Crippen LogP contribution in [0.1, 0.15) is 12.8 Å². The maximum atomic E-state index is 12.1. The zero-order chi connectivity index (χ0) is 12.2. The van der Waals surface area contributed by atoms with Crippen LogP contribution in [0.5, 0.6) is 0 Å². The number of halogens is 2. The Morgan fingerprint density at radius 2 is 2.31 bits per heavy atom. The predicted octanol–water partition coefficient (Wildman–Crippen LogP) is 1.06. The molecule has 1 N–H and O–H groups in total. The fourth-order valence-corrected chi connectivity index (χ4v) is 2.03. The summed E-state index contributed by atoms with van der Waals surface area (Å²) in [6.45, 7) is 0.352. The standard InChI is InChI=1S/C10H17F2NO3/c1-13(5-8(11)12)6-10(9(14)15)3-2-4-16-7-10/h8H,2-7H2,1H3,(H,14,15). The largest absolute Gasteiger partial charge is 0.481 e. The molecule has 0 radical (unpaired) electrons. The molecule has 6 heteroatoms. The normalized spacial score (nSPS) is 26.3. The highest BCUT2D eigenvalue weighted by molar-refractivity contribution is 5.75. The highest BCUT2D eigenvalue weighted by Crippen LogP contribution is 2.29. The molecule has 0 saturated carbocycles. The summed E-state index contributed by atoms with van der Waals surface area (Å²) >= 11 is 0. The van der Waals surface area contributed by atoms with Crippen LogP contribution < -0.4 is 0 Å². The second-order valence-electron chi connectivity index (χ2n) is 4.33. The molecule has 0 amide bonds. The molecule has 16 heavy (non-hydrogen) atoms. The minimum Gasteiger partial charge on any atom is -0.481 e. The van der Waals surface area contributed by atoms with Gasteiger partial charge in [-0.25, -0.2) is 8.78 Å². The van der Waals surface area contributed by atoms with E-state index in [-0.39, 0.29) is 13.2 Å². The quantitative estimate of drug-likeness (QED) is 0.777. The van der Waals surface area contributed by atoms with Gasteiger partial charge in [-0.1, -0.05) is 0 Å². The summed E-state index contributed by atoms with van der Waals surface area (Å²) in [5, 5.41) is 9.18. The first-order valence-corrected chi connectivity index (χ1v) is 5.24. The van der Waals surface area contributed by atoms with E-state index in [0.717, 1.165) is 0 Å². The van der Waals surface area contributed by atoms with E-state index in [1.807, 2.05) is 0 Å². The lowest BCUT2D eigenvalue weighted by atomic mass is 9.82. The van der Waals surface area contributed by atoms with Crippen molar-refractivity contribution in [1.82, 2.24) is 4.90 Å². The highest BCUT2D eigenvalue weighted by atomic mass is 19.3. The van der Waals surface area contributed by atoms with E-state index in [0.29, 0.717) is 19.4 Å². The Bertz CT molecular complexity index is 242. The number of hydrogen-bond acceptors (Lipinski definition) is 3. The molecule has 1 fully saturated rings. The summed E-state index contributed by atoms with van der Waals surface area (Å²) < 4.78 is 29.4. The van der Waals surface area contributed by atoms with Gasteiger partial charge in [-0.15, -0.1) is 0 Å². The minimum absolute atomic E-state index is 0.104. The van der Waals surface area contributed by atoms with Gasteiger partial charge in [0.25, 0.3) is 6.43 Å². The molecule has 1 saturated heterocycles. The molecule has 1 aliphatic rings. The van der Waals surface area contributed by atoms with E-state index in [4.69, 9.17) is 4.74 Å². The van der Waals surface area contributed by atoms with Crippen molar-refractivity contribution in [3.05, 3.63) is 0 Å². The number of ether oxygens (including phenoxy) is 1. The maximum absolute atomic E-state index is 12.1. The Morgan fingerprint density at radius 3 is 2.75 bits per heavy atom. The average molecular weight is 237 g/mol. The van der Waals surface area contributed by atoms with Gasteiger partial charge in [-0.2, -0.15) is 0 Å². The van der Waals surface area contributed by atoms with Gasteiger partial charge in [-0.3, -0.25) is 9.69 Å². The number of carbonyl (C=O) groups is 1. The monoisotopic (exact) mass is 237 g/mol. The van der Waals surface area contributed by atoms with E-state index < -0.39 is 24.4 Å². The first-order valence-electron chi connectivity index (χ1n) is 5.24. The fraction of sp³-hybridized carbons (Fsp3) is 0.900. The third kappa shape index (κ3) is 3.38. The molecule has 0 aromatic heterocycles. The van der Waals surface area contributed by atoms with Gasteiger partial charge in [0.05, 0.1) is 13.2 Å². The summed E-state index contributed by atoms with van der Waals surface area (Å²) in [5.74, 6) is -0.965. The van der Waals surface area contributed by atoms with Crippen molar-refractivity contribution in [2.75, 3.05) is 33.4 Å². The molecule has 1 aliphatic heterocycles. The number of rotatable bonds is 5. The van der Waals surface area contributed by atoms with Gasteiger partial charge in [0.15, 0.2) is 0 Å². The molecule has 0 bridgehead atoms. The van der Waals surface area contributed by atoms with Crippen LogP contribution in [-0.2, 0) is 9.53 Å². The molecular formula is C10H17F2NO3. The average Bonchev–Trinajstić information content (AvgIpc) is 2.17. The third-order valence-corrected chi connectivity index (χ3v) is 2.80. The minimum atomic E-state index is -2.44. The summed E-state index contributed by atoms with van der Waals surface area (Å²) in [6.07, 6.45) is -1.30. The smallest absolute Gasteiger partial charge is 0.313 e. The van der Waals surface area contributed by atoms with Crippen LogP contribution >= 0.6 is 0 Å². The molecule has 0 aromatic rings. The van der Waals surface area contributed by atoms with E-state index in [1.165, 1.54) is 11.9 Å². The van der Waals surface area contributed by atoms with Crippen molar-refractivity contribution in [2.24, 2.45) is 5.41 Å².